The van der Waals surface area contributed by atoms with Crippen LogP contribution >= 0.6 is 15.9 Å². The number of anilines is 1. The molecule has 1 atom stereocenters. The summed E-state index contributed by atoms with van der Waals surface area (Å²) < 4.78 is 0.951. The smallest absolute Gasteiger partial charge is 0.112 e. The molecule has 0 saturated carbocycles. The van der Waals surface area contributed by atoms with E-state index >= 15 is 0 Å². The van der Waals surface area contributed by atoms with Crippen molar-refractivity contribution in [3.63, 3.8) is 0 Å². The van der Waals surface area contributed by atoms with Gasteiger partial charge in [-0.25, -0.2) is 0 Å². The molecule has 0 bridgehead atoms. The number of benzene rings is 1. The number of halogens is 1. The molecule has 104 valence electrons. The SMILES string of the molecule is Brc1cnc2c(NCC3Cc4ccccc43)ccnc2c1. The highest BCUT2D eigenvalue weighted by molar-refractivity contribution is 9.10. The van der Waals surface area contributed by atoms with Crippen molar-refractivity contribution in [1.29, 1.82) is 0 Å². The highest BCUT2D eigenvalue weighted by Crippen LogP contribution is 2.35. The number of nitrogens with one attached hydrogen (secondary N) is 1. The molecule has 1 N–H and O–H groups in total. The third kappa shape index (κ3) is 2.29. The lowest BCUT2D eigenvalue weighted by Crippen LogP contribution is -2.24. The number of rotatable bonds is 3. The van der Waals surface area contributed by atoms with Gasteiger partial charge in [0.25, 0.3) is 0 Å². The third-order valence-electron chi connectivity index (χ3n) is 4.04. The van der Waals surface area contributed by atoms with E-state index in [2.05, 4.69) is 55.5 Å². The number of hydrogen-bond donors (Lipinski definition) is 1. The molecule has 0 aliphatic heterocycles. The molecule has 1 aliphatic carbocycles. The molecule has 1 aromatic carbocycles. The van der Waals surface area contributed by atoms with Gasteiger partial charge < -0.3 is 5.32 Å². The van der Waals surface area contributed by atoms with Crippen molar-refractivity contribution >= 4 is 32.7 Å². The van der Waals surface area contributed by atoms with Crippen LogP contribution in [-0.2, 0) is 6.42 Å². The zero-order chi connectivity index (χ0) is 14.2. The fourth-order valence-corrected chi connectivity index (χ4v) is 3.25. The first-order valence-electron chi connectivity index (χ1n) is 7.03. The Morgan fingerprint density at radius 1 is 1.19 bits per heavy atom. The fourth-order valence-electron chi connectivity index (χ4n) is 2.93. The maximum atomic E-state index is 4.47. The Morgan fingerprint density at radius 2 is 2.10 bits per heavy atom. The highest BCUT2D eigenvalue weighted by atomic mass is 79.9. The molecule has 1 aliphatic rings. The lowest BCUT2D eigenvalue weighted by molar-refractivity contribution is 0.636. The maximum Gasteiger partial charge on any atom is 0.112 e. The van der Waals surface area contributed by atoms with Crippen molar-refractivity contribution in [2.75, 3.05) is 11.9 Å². The summed E-state index contributed by atoms with van der Waals surface area (Å²) in [5.41, 5.74) is 5.83. The molecule has 1 unspecified atom stereocenters. The van der Waals surface area contributed by atoms with Crippen LogP contribution in [0.1, 0.15) is 17.0 Å². The van der Waals surface area contributed by atoms with Crippen molar-refractivity contribution in [2.45, 2.75) is 12.3 Å². The van der Waals surface area contributed by atoms with Crippen LogP contribution in [0, 0.1) is 0 Å². The van der Waals surface area contributed by atoms with E-state index < -0.39 is 0 Å². The molecule has 0 spiro atoms. The van der Waals surface area contributed by atoms with E-state index in [0.29, 0.717) is 5.92 Å². The number of fused-ring (bicyclic) bond motifs is 2. The van der Waals surface area contributed by atoms with E-state index in [9.17, 15) is 0 Å². The molecule has 0 saturated heterocycles. The number of hydrogen-bond acceptors (Lipinski definition) is 3. The minimum absolute atomic E-state index is 0.597. The van der Waals surface area contributed by atoms with E-state index in [-0.39, 0.29) is 0 Å². The molecule has 4 heteroatoms. The van der Waals surface area contributed by atoms with Gasteiger partial charge in [0, 0.05) is 29.3 Å². The van der Waals surface area contributed by atoms with E-state index in [1.54, 1.807) is 0 Å². The normalized spacial score (nSPS) is 16.3. The molecule has 0 fully saturated rings. The minimum atomic E-state index is 0.597. The Balaban J connectivity index is 1.56. The van der Waals surface area contributed by atoms with Crippen molar-refractivity contribution in [2.24, 2.45) is 0 Å². The Bertz CT molecular complexity index is 816. The first-order chi connectivity index (χ1) is 10.3. The Labute approximate surface area is 131 Å². The molecule has 0 radical (unpaired) electrons. The average Bonchev–Trinajstić information content (AvgIpc) is 2.48. The van der Waals surface area contributed by atoms with Gasteiger partial charge in [-0.1, -0.05) is 24.3 Å². The molecular weight excluding hydrogens is 326 g/mol. The summed E-state index contributed by atoms with van der Waals surface area (Å²) in [6, 6.07) is 12.7. The number of nitrogens with zero attached hydrogens (tertiary/aromatic N) is 2. The zero-order valence-corrected chi connectivity index (χ0v) is 13.0. The molecule has 2 heterocycles. The van der Waals surface area contributed by atoms with E-state index in [4.69, 9.17) is 0 Å². The van der Waals surface area contributed by atoms with Crippen LogP contribution in [0.25, 0.3) is 11.0 Å². The monoisotopic (exact) mass is 339 g/mol. The van der Waals surface area contributed by atoms with E-state index in [1.807, 2.05) is 24.5 Å². The number of aromatic nitrogens is 2. The second-order valence-electron chi connectivity index (χ2n) is 5.36. The zero-order valence-electron chi connectivity index (χ0n) is 11.4. The quantitative estimate of drug-likeness (QED) is 0.779. The van der Waals surface area contributed by atoms with Gasteiger partial charge in [0.1, 0.15) is 5.52 Å². The lowest BCUT2D eigenvalue weighted by Gasteiger charge is -2.30. The fraction of sp³-hybridized carbons (Fsp3) is 0.176. The highest BCUT2D eigenvalue weighted by Gasteiger charge is 2.25. The van der Waals surface area contributed by atoms with Gasteiger partial charge in [-0.15, -0.1) is 0 Å². The van der Waals surface area contributed by atoms with Crippen LogP contribution < -0.4 is 5.32 Å². The lowest BCUT2D eigenvalue weighted by atomic mass is 9.77. The van der Waals surface area contributed by atoms with Crippen molar-refractivity contribution in [3.8, 4) is 0 Å². The maximum absolute atomic E-state index is 4.47. The Morgan fingerprint density at radius 3 is 3.00 bits per heavy atom. The van der Waals surface area contributed by atoms with Crippen molar-refractivity contribution < 1.29 is 0 Å². The molecule has 2 aromatic heterocycles. The number of pyridine rings is 2. The van der Waals surface area contributed by atoms with Gasteiger partial charge >= 0.3 is 0 Å². The van der Waals surface area contributed by atoms with Crippen LogP contribution in [0.4, 0.5) is 5.69 Å². The standard InChI is InChI=1S/C17H14BrN3/c18-13-8-16-17(21-10-13)15(5-6-19-16)20-9-12-7-11-3-1-2-4-14(11)12/h1-6,8,10,12H,7,9H2,(H,19,20). The summed E-state index contributed by atoms with van der Waals surface area (Å²) in [6.45, 7) is 0.938. The van der Waals surface area contributed by atoms with Crippen molar-refractivity contribution in [1.82, 2.24) is 9.97 Å². The Hall–Kier alpha value is -1.94. The second kappa shape index (κ2) is 5.11. The molecule has 4 rings (SSSR count). The van der Waals surface area contributed by atoms with Crippen LogP contribution in [-0.4, -0.2) is 16.5 Å². The van der Waals surface area contributed by atoms with Gasteiger partial charge in [0.05, 0.1) is 11.2 Å². The molecule has 0 amide bonds. The topological polar surface area (TPSA) is 37.8 Å². The van der Waals surface area contributed by atoms with Gasteiger partial charge in [-0.05, 0) is 45.6 Å². The van der Waals surface area contributed by atoms with E-state index in [1.165, 1.54) is 11.1 Å². The molecular formula is C17H14BrN3. The van der Waals surface area contributed by atoms with Crippen molar-refractivity contribution in [3.05, 3.63) is 64.4 Å². The molecule has 3 aromatic rings. The van der Waals surface area contributed by atoms with Crippen LogP contribution in [0.5, 0.6) is 0 Å². The van der Waals surface area contributed by atoms with Gasteiger partial charge in [-0.2, -0.15) is 0 Å². The first kappa shape index (κ1) is 12.8. The summed E-state index contributed by atoms with van der Waals surface area (Å²) in [5.74, 6) is 0.597. The minimum Gasteiger partial charge on any atom is -0.383 e. The van der Waals surface area contributed by atoms with Gasteiger partial charge in [0.15, 0.2) is 0 Å². The second-order valence-corrected chi connectivity index (χ2v) is 6.28. The summed E-state index contributed by atoms with van der Waals surface area (Å²) in [5, 5.41) is 3.53. The first-order valence-corrected chi connectivity index (χ1v) is 7.82. The third-order valence-corrected chi connectivity index (χ3v) is 4.48. The molecule has 21 heavy (non-hydrogen) atoms. The predicted molar refractivity (Wildman–Crippen MR) is 88.6 cm³/mol. The summed E-state index contributed by atoms with van der Waals surface area (Å²) >= 11 is 3.43. The summed E-state index contributed by atoms with van der Waals surface area (Å²) in [6.07, 6.45) is 4.80. The average molecular weight is 340 g/mol. The van der Waals surface area contributed by atoms with Gasteiger partial charge in [0.2, 0.25) is 0 Å². The van der Waals surface area contributed by atoms with Crippen LogP contribution in [0.2, 0.25) is 0 Å². The predicted octanol–water partition coefficient (Wildman–Crippen LogP) is 4.14. The summed E-state index contributed by atoms with van der Waals surface area (Å²) in [7, 11) is 0. The van der Waals surface area contributed by atoms with Gasteiger partial charge in [-0.3, -0.25) is 9.97 Å². The largest absolute Gasteiger partial charge is 0.383 e. The van der Waals surface area contributed by atoms with Crippen LogP contribution in [0.3, 0.4) is 0 Å². The van der Waals surface area contributed by atoms with E-state index in [0.717, 1.165) is 34.2 Å². The molecule has 3 nitrogen and oxygen atoms in total. The van der Waals surface area contributed by atoms with Crippen LogP contribution in [0.15, 0.2) is 53.3 Å². The Kier molecular flexibility index (Phi) is 3.11. The summed E-state index contributed by atoms with van der Waals surface area (Å²) in [4.78, 5) is 8.84.